The average Bonchev–Trinajstić information content (AvgIpc) is 2.84. The molecule has 11 heteroatoms. The summed E-state index contributed by atoms with van der Waals surface area (Å²) >= 11 is 0. The molecule has 0 spiro atoms. The standard InChI is InChI=1S/C25H29N7O4/c1-16-6-3-7-17(2)25(16)28-21(34)11-5-10-20(33)24-18(29-31-22(35)12-14-26)8-4-9-19(24)30-32-23(36)13-15-27/h3,6-7,24H,4-5,8-13H2,1-2H3,(H,28,34)(H,31,35)(H,32,36)/b29-18+,30-19+. The molecular formula is C25H29N7O4. The van der Waals surface area contributed by atoms with Crippen LogP contribution in [0.1, 0.15) is 62.5 Å². The van der Waals surface area contributed by atoms with Crippen LogP contribution in [0.15, 0.2) is 28.4 Å². The number of hydrazone groups is 2. The largest absolute Gasteiger partial charge is 0.326 e. The number of nitrogens with zero attached hydrogens (tertiary/aromatic N) is 4. The van der Waals surface area contributed by atoms with Crippen LogP contribution in [0.3, 0.4) is 0 Å². The van der Waals surface area contributed by atoms with E-state index in [0.717, 1.165) is 16.8 Å². The minimum absolute atomic E-state index is 0.0567. The number of ketones is 1. The predicted molar refractivity (Wildman–Crippen MR) is 132 cm³/mol. The molecule has 0 saturated heterocycles. The summed E-state index contributed by atoms with van der Waals surface area (Å²) < 4.78 is 0. The highest BCUT2D eigenvalue weighted by atomic mass is 16.2. The molecule has 1 saturated carbocycles. The van der Waals surface area contributed by atoms with Crippen molar-refractivity contribution >= 4 is 40.6 Å². The van der Waals surface area contributed by atoms with E-state index < -0.39 is 17.7 Å². The third-order valence-corrected chi connectivity index (χ3v) is 5.55. The number of benzene rings is 1. The Labute approximate surface area is 209 Å². The highest BCUT2D eigenvalue weighted by molar-refractivity contribution is 6.24. The highest BCUT2D eigenvalue weighted by Gasteiger charge is 2.33. The van der Waals surface area contributed by atoms with Gasteiger partial charge in [0.25, 0.3) is 11.8 Å². The molecule has 3 N–H and O–H groups in total. The topological polar surface area (TPSA) is 177 Å². The third-order valence-electron chi connectivity index (χ3n) is 5.55. The monoisotopic (exact) mass is 491 g/mol. The maximum atomic E-state index is 13.2. The molecule has 36 heavy (non-hydrogen) atoms. The Kier molecular flexibility index (Phi) is 10.9. The summed E-state index contributed by atoms with van der Waals surface area (Å²) in [6.45, 7) is 3.81. The Bertz CT molecular complexity index is 1090. The fourth-order valence-corrected chi connectivity index (χ4v) is 3.82. The van der Waals surface area contributed by atoms with Crippen LogP contribution in [0.5, 0.6) is 0 Å². The molecule has 1 fully saturated rings. The van der Waals surface area contributed by atoms with Crippen molar-refractivity contribution in [2.45, 2.75) is 65.2 Å². The molecule has 1 aromatic rings. The molecule has 1 aromatic carbocycles. The molecule has 11 nitrogen and oxygen atoms in total. The zero-order valence-electron chi connectivity index (χ0n) is 20.4. The van der Waals surface area contributed by atoms with Crippen molar-refractivity contribution in [3.8, 4) is 12.1 Å². The zero-order valence-corrected chi connectivity index (χ0v) is 20.4. The number of carbonyl (C=O) groups is 4. The van der Waals surface area contributed by atoms with Gasteiger partial charge in [-0.3, -0.25) is 19.2 Å². The molecule has 188 valence electrons. The smallest absolute Gasteiger partial charge is 0.254 e. The number of hydrogen-bond donors (Lipinski definition) is 3. The Morgan fingerprint density at radius 2 is 1.42 bits per heavy atom. The number of Topliss-reactive ketones (excluding diaryl/α,β-unsaturated/α-hetero) is 1. The second-order valence-electron chi connectivity index (χ2n) is 8.37. The first-order chi connectivity index (χ1) is 17.3. The lowest BCUT2D eigenvalue weighted by molar-refractivity contribution is -0.121. The summed E-state index contributed by atoms with van der Waals surface area (Å²) in [5.74, 6) is -2.56. The number of nitrogens with one attached hydrogen (secondary N) is 3. The van der Waals surface area contributed by atoms with E-state index in [1.165, 1.54) is 0 Å². The summed E-state index contributed by atoms with van der Waals surface area (Å²) in [7, 11) is 0. The van der Waals surface area contributed by atoms with E-state index in [-0.39, 0.29) is 43.8 Å². The molecule has 0 aromatic heterocycles. The van der Waals surface area contributed by atoms with E-state index >= 15 is 0 Å². The van der Waals surface area contributed by atoms with Crippen molar-refractivity contribution in [1.29, 1.82) is 10.5 Å². The van der Waals surface area contributed by atoms with E-state index in [4.69, 9.17) is 10.5 Å². The number of nitriles is 2. The van der Waals surface area contributed by atoms with Crippen LogP contribution < -0.4 is 16.2 Å². The third kappa shape index (κ3) is 8.44. The lowest BCUT2D eigenvalue weighted by Crippen LogP contribution is -2.38. The maximum Gasteiger partial charge on any atom is 0.254 e. The first-order valence-corrected chi connectivity index (χ1v) is 11.6. The van der Waals surface area contributed by atoms with Crippen molar-refractivity contribution in [3.05, 3.63) is 29.3 Å². The van der Waals surface area contributed by atoms with Crippen molar-refractivity contribution < 1.29 is 19.2 Å². The number of para-hydroxylation sites is 1. The first kappa shape index (κ1) is 27.9. The predicted octanol–water partition coefficient (Wildman–Crippen LogP) is 2.55. The Morgan fingerprint density at radius 1 is 0.889 bits per heavy atom. The number of hydrogen-bond acceptors (Lipinski definition) is 8. The fraction of sp³-hybridized carbons (Fsp3) is 0.440. The van der Waals surface area contributed by atoms with Crippen LogP contribution in [0.25, 0.3) is 0 Å². The van der Waals surface area contributed by atoms with Gasteiger partial charge >= 0.3 is 0 Å². The van der Waals surface area contributed by atoms with Crippen LogP contribution >= 0.6 is 0 Å². The number of amides is 3. The Morgan fingerprint density at radius 3 is 1.92 bits per heavy atom. The van der Waals surface area contributed by atoms with E-state index in [2.05, 4.69) is 26.4 Å². The molecule has 0 atom stereocenters. The van der Waals surface area contributed by atoms with E-state index in [1.807, 2.05) is 32.0 Å². The van der Waals surface area contributed by atoms with Gasteiger partial charge in [-0.25, -0.2) is 10.9 Å². The van der Waals surface area contributed by atoms with E-state index in [9.17, 15) is 19.2 Å². The van der Waals surface area contributed by atoms with Gasteiger partial charge in [-0.05, 0) is 50.7 Å². The van der Waals surface area contributed by atoms with Crippen molar-refractivity contribution in [2.24, 2.45) is 16.1 Å². The molecular weight excluding hydrogens is 462 g/mol. The summed E-state index contributed by atoms with van der Waals surface area (Å²) in [4.78, 5) is 49.0. The van der Waals surface area contributed by atoms with Gasteiger partial charge in [0, 0.05) is 18.5 Å². The molecule has 0 bridgehead atoms. The summed E-state index contributed by atoms with van der Waals surface area (Å²) in [6.07, 6.45) is 1.13. The van der Waals surface area contributed by atoms with Crippen molar-refractivity contribution in [3.63, 3.8) is 0 Å². The lowest BCUT2D eigenvalue weighted by atomic mass is 9.81. The SMILES string of the molecule is Cc1cccc(C)c1NC(=O)CCCC(=O)C1/C(=N/NC(=O)CC#N)CCC/C1=N\NC(=O)CC#N. The summed E-state index contributed by atoms with van der Waals surface area (Å²) in [5.41, 5.74) is 7.94. The molecule has 0 unspecified atom stereocenters. The van der Waals surface area contributed by atoms with E-state index in [1.54, 1.807) is 12.1 Å². The van der Waals surface area contributed by atoms with Crippen LogP contribution in [0, 0.1) is 42.4 Å². The maximum absolute atomic E-state index is 13.2. The minimum Gasteiger partial charge on any atom is -0.326 e. The van der Waals surface area contributed by atoms with Gasteiger partial charge in [0.15, 0.2) is 0 Å². The van der Waals surface area contributed by atoms with Gasteiger partial charge in [-0.1, -0.05) is 18.2 Å². The van der Waals surface area contributed by atoms with Gasteiger partial charge in [0.1, 0.15) is 18.6 Å². The first-order valence-electron chi connectivity index (χ1n) is 11.6. The second kappa shape index (κ2) is 14.1. The fourth-order valence-electron chi connectivity index (χ4n) is 3.82. The van der Waals surface area contributed by atoms with Crippen molar-refractivity contribution in [1.82, 2.24) is 10.9 Å². The molecule has 1 aliphatic carbocycles. The average molecular weight is 492 g/mol. The van der Waals surface area contributed by atoms with Gasteiger partial charge < -0.3 is 5.32 Å². The minimum atomic E-state index is -0.884. The van der Waals surface area contributed by atoms with Gasteiger partial charge in [-0.15, -0.1) is 0 Å². The number of rotatable bonds is 10. The number of anilines is 1. The van der Waals surface area contributed by atoms with Crippen LogP contribution in [0.4, 0.5) is 5.69 Å². The summed E-state index contributed by atoms with van der Waals surface area (Å²) in [5, 5.41) is 28.3. The number of carbonyl (C=O) groups excluding carboxylic acids is 4. The Balaban J connectivity index is 2.10. The second-order valence-corrected chi connectivity index (χ2v) is 8.37. The molecule has 0 aliphatic heterocycles. The molecule has 2 rings (SSSR count). The highest BCUT2D eigenvalue weighted by Crippen LogP contribution is 2.23. The molecule has 3 amide bonds. The van der Waals surface area contributed by atoms with Crippen LogP contribution in [-0.2, 0) is 19.2 Å². The zero-order chi connectivity index (χ0) is 26.5. The quantitative estimate of drug-likeness (QED) is 0.423. The molecule has 1 aliphatic rings. The molecule has 0 radical (unpaired) electrons. The summed E-state index contributed by atoms with van der Waals surface area (Å²) in [6, 6.07) is 9.16. The normalized spacial score (nSPS) is 17.1. The van der Waals surface area contributed by atoms with Crippen molar-refractivity contribution in [2.75, 3.05) is 5.32 Å². The van der Waals surface area contributed by atoms with Crippen LogP contribution in [-0.4, -0.2) is 34.9 Å². The molecule has 0 heterocycles. The van der Waals surface area contributed by atoms with E-state index in [0.29, 0.717) is 30.7 Å². The van der Waals surface area contributed by atoms with Gasteiger partial charge in [0.2, 0.25) is 5.91 Å². The van der Waals surface area contributed by atoms with Gasteiger partial charge in [0.05, 0.1) is 29.5 Å². The Hall–Kier alpha value is -4.38. The number of aryl methyl sites for hydroxylation is 2. The van der Waals surface area contributed by atoms with Gasteiger partial charge in [-0.2, -0.15) is 20.7 Å². The van der Waals surface area contributed by atoms with Crippen LogP contribution in [0.2, 0.25) is 0 Å². The lowest BCUT2D eigenvalue weighted by Gasteiger charge is -2.25.